The number of aryl methyl sites for hydroxylation is 1. The van der Waals surface area contributed by atoms with Crippen LogP contribution in [0.15, 0.2) is 33.6 Å². The Balaban J connectivity index is 1.41. The van der Waals surface area contributed by atoms with Crippen molar-refractivity contribution in [2.24, 2.45) is 0 Å². The third-order valence-electron chi connectivity index (χ3n) is 4.70. The van der Waals surface area contributed by atoms with Gasteiger partial charge in [-0.15, -0.1) is 0 Å². The summed E-state index contributed by atoms with van der Waals surface area (Å²) in [4.78, 5) is 15.3. The van der Waals surface area contributed by atoms with Crippen molar-refractivity contribution in [3.05, 3.63) is 42.1 Å². The van der Waals surface area contributed by atoms with Gasteiger partial charge in [-0.05, 0) is 45.0 Å². The number of hydrogen-bond acceptors (Lipinski definition) is 8. The maximum Gasteiger partial charge on any atom is 0.244 e. The average Bonchev–Trinajstić information content (AvgIpc) is 3.31. The number of nitrogens with zero attached hydrogens (tertiary/aromatic N) is 6. The van der Waals surface area contributed by atoms with Crippen molar-refractivity contribution in [2.45, 2.75) is 38.6 Å². The number of hydrogen-bond donors (Lipinski definition) is 0. The molecule has 0 aromatic carbocycles. The minimum Gasteiger partial charge on any atom is -0.340 e. The second-order valence-corrected chi connectivity index (χ2v) is 6.36. The minimum absolute atomic E-state index is 0.0749. The Morgan fingerprint density at radius 2 is 2.00 bits per heavy atom. The number of likely N-dealkylation sites (tertiary alicyclic amines) is 1. The molecule has 130 valence electrons. The summed E-state index contributed by atoms with van der Waals surface area (Å²) in [6.07, 6.45) is 5.44. The van der Waals surface area contributed by atoms with Crippen molar-refractivity contribution in [3.63, 3.8) is 0 Å². The van der Waals surface area contributed by atoms with Gasteiger partial charge in [-0.2, -0.15) is 9.97 Å². The predicted octanol–water partition coefficient (Wildman–Crippen LogP) is 2.76. The van der Waals surface area contributed by atoms with Gasteiger partial charge >= 0.3 is 0 Å². The number of rotatable bonds is 4. The fourth-order valence-corrected chi connectivity index (χ4v) is 3.20. The maximum absolute atomic E-state index is 5.48. The van der Waals surface area contributed by atoms with Crippen LogP contribution in [0.25, 0.3) is 11.4 Å². The smallest absolute Gasteiger partial charge is 0.244 e. The van der Waals surface area contributed by atoms with Crippen LogP contribution in [0.5, 0.6) is 0 Å². The molecule has 1 atom stereocenters. The summed E-state index contributed by atoms with van der Waals surface area (Å²) in [7, 11) is 0. The molecule has 4 heterocycles. The van der Waals surface area contributed by atoms with E-state index in [-0.39, 0.29) is 6.04 Å². The fraction of sp³-hybridized carbons (Fsp3) is 0.471. The number of aromatic nitrogens is 5. The zero-order chi connectivity index (χ0) is 17.2. The van der Waals surface area contributed by atoms with E-state index in [2.05, 4.69) is 37.1 Å². The Bertz CT molecular complexity index is 823. The van der Waals surface area contributed by atoms with Gasteiger partial charge in [0.2, 0.25) is 17.6 Å². The van der Waals surface area contributed by atoms with E-state index in [0.29, 0.717) is 23.5 Å². The average molecular weight is 340 g/mol. The van der Waals surface area contributed by atoms with Gasteiger partial charge in [-0.25, -0.2) is 0 Å². The van der Waals surface area contributed by atoms with Crippen LogP contribution in [0.4, 0.5) is 0 Å². The van der Waals surface area contributed by atoms with Crippen LogP contribution < -0.4 is 0 Å². The monoisotopic (exact) mass is 340 g/mol. The summed E-state index contributed by atoms with van der Waals surface area (Å²) in [6, 6.07) is 3.86. The molecule has 0 saturated carbocycles. The van der Waals surface area contributed by atoms with Gasteiger partial charge in [0.05, 0.1) is 6.04 Å². The highest BCUT2D eigenvalue weighted by Crippen LogP contribution is 2.31. The van der Waals surface area contributed by atoms with Crippen LogP contribution >= 0.6 is 0 Å². The van der Waals surface area contributed by atoms with Crippen molar-refractivity contribution < 1.29 is 9.05 Å². The van der Waals surface area contributed by atoms with Crippen molar-refractivity contribution in [1.82, 2.24) is 30.2 Å². The normalized spacial score (nSPS) is 17.7. The standard InChI is InChI=1S/C17H20N6O2/c1-11(17-20-16(22-25-17)14-4-3-7-18-10-14)23-8-5-13(6-9-23)15-19-12(2)24-21-15/h3-4,7,10-11,13H,5-6,8-9H2,1-2H3/t11-/m0/s1. The lowest BCUT2D eigenvalue weighted by Gasteiger charge is -2.33. The van der Waals surface area contributed by atoms with E-state index in [9.17, 15) is 0 Å². The number of pyridine rings is 1. The maximum atomic E-state index is 5.48. The Morgan fingerprint density at radius 1 is 1.16 bits per heavy atom. The summed E-state index contributed by atoms with van der Waals surface area (Å²) in [5.74, 6) is 3.01. The Hall–Kier alpha value is -2.61. The van der Waals surface area contributed by atoms with Gasteiger partial charge in [0.15, 0.2) is 5.82 Å². The van der Waals surface area contributed by atoms with Gasteiger partial charge in [0, 0.05) is 30.8 Å². The summed E-state index contributed by atoms with van der Waals surface area (Å²) in [6.45, 7) is 5.79. The van der Waals surface area contributed by atoms with Crippen LogP contribution in [0.2, 0.25) is 0 Å². The highest BCUT2D eigenvalue weighted by atomic mass is 16.5. The van der Waals surface area contributed by atoms with Crippen molar-refractivity contribution in [2.75, 3.05) is 13.1 Å². The van der Waals surface area contributed by atoms with Gasteiger partial charge in [0.1, 0.15) is 0 Å². The molecule has 0 N–H and O–H groups in total. The van der Waals surface area contributed by atoms with Crippen molar-refractivity contribution >= 4 is 0 Å². The van der Waals surface area contributed by atoms with Crippen LogP contribution in [0.1, 0.15) is 49.3 Å². The molecule has 3 aromatic rings. The highest BCUT2D eigenvalue weighted by Gasteiger charge is 2.29. The van der Waals surface area contributed by atoms with Gasteiger partial charge in [-0.1, -0.05) is 10.3 Å². The van der Waals surface area contributed by atoms with Crippen LogP contribution in [-0.2, 0) is 0 Å². The second-order valence-electron chi connectivity index (χ2n) is 6.36. The molecule has 0 amide bonds. The van der Waals surface area contributed by atoms with E-state index in [1.807, 2.05) is 19.1 Å². The van der Waals surface area contributed by atoms with E-state index in [1.54, 1.807) is 12.4 Å². The van der Waals surface area contributed by atoms with E-state index in [4.69, 9.17) is 9.05 Å². The molecule has 0 unspecified atom stereocenters. The van der Waals surface area contributed by atoms with Gasteiger partial charge in [-0.3, -0.25) is 9.88 Å². The summed E-state index contributed by atoms with van der Waals surface area (Å²) in [5, 5.41) is 8.14. The van der Waals surface area contributed by atoms with Gasteiger partial charge in [0.25, 0.3) is 0 Å². The zero-order valence-corrected chi connectivity index (χ0v) is 14.3. The molecule has 0 radical (unpaired) electrons. The minimum atomic E-state index is 0.0749. The lowest BCUT2D eigenvalue weighted by atomic mass is 9.95. The molecule has 4 rings (SSSR count). The van der Waals surface area contributed by atoms with E-state index in [1.165, 1.54) is 0 Å². The first-order valence-corrected chi connectivity index (χ1v) is 8.49. The zero-order valence-electron chi connectivity index (χ0n) is 14.3. The molecule has 8 nitrogen and oxygen atoms in total. The summed E-state index contributed by atoms with van der Waals surface area (Å²) >= 11 is 0. The SMILES string of the molecule is Cc1nc(C2CCN([C@@H](C)c3nc(-c4cccnc4)no3)CC2)no1. The molecule has 0 spiro atoms. The quantitative estimate of drug-likeness (QED) is 0.715. The van der Waals surface area contributed by atoms with Gasteiger partial charge < -0.3 is 9.05 Å². The second kappa shape index (κ2) is 6.72. The lowest BCUT2D eigenvalue weighted by molar-refractivity contribution is 0.134. The first-order chi connectivity index (χ1) is 12.2. The molecule has 25 heavy (non-hydrogen) atoms. The summed E-state index contributed by atoms with van der Waals surface area (Å²) in [5.41, 5.74) is 0.857. The van der Waals surface area contributed by atoms with Crippen molar-refractivity contribution in [3.8, 4) is 11.4 Å². The number of piperidine rings is 1. The molecule has 1 fully saturated rings. The van der Waals surface area contributed by atoms with Crippen LogP contribution in [-0.4, -0.2) is 43.3 Å². The third kappa shape index (κ3) is 3.30. The molecular weight excluding hydrogens is 320 g/mol. The van der Waals surface area contributed by atoms with E-state index in [0.717, 1.165) is 37.3 Å². The molecule has 1 aliphatic rings. The topological polar surface area (TPSA) is 94.0 Å². The fourth-order valence-electron chi connectivity index (χ4n) is 3.20. The molecule has 1 aliphatic heterocycles. The highest BCUT2D eigenvalue weighted by molar-refractivity contribution is 5.51. The van der Waals surface area contributed by atoms with Crippen LogP contribution in [0.3, 0.4) is 0 Å². The summed E-state index contributed by atoms with van der Waals surface area (Å²) < 4.78 is 10.6. The largest absolute Gasteiger partial charge is 0.340 e. The van der Waals surface area contributed by atoms with Crippen LogP contribution in [0, 0.1) is 6.92 Å². The Labute approximate surface area is 145 Å². The van der Waals surface area contributed by atoms with E-state index < -0.39 is 0 Å². The molecular formula is C17H20N6O2. The third-order valence-corrected chi connectivity index (χ3v) is 4.70. The Kier molecular flexibility index (Phi) is 4.27. The predicted molar refractivity (Wildman–Crippen MR) is 88.5 cm³/mol. The lowest BCUT2D eigenvalue weighted by Crippen LogP contribution is -2.35. The molecule has 0 bridgehead atoms. The van der Waals surface area contributed by atoms with Crippen molar-refractivity contribution in [1.29, 1.82) is 0 Å². The molecule has 3 aromatic heterocycles. The van der Waals surface area contributed by atoms with E-state index >= 15 is 0 Å². The molecule has 8 heteroatoms. The Morgan fingerprint density at radius 3 is 2.68 bits per heavy atom. The molecule has 1 saturated heterocycles. The first-order valence-electron chi connectivity index (χ1n) is 8.49. The first kappa shape index (κ1) is 15.9. The molecule has 0 aliphatic carbocycles.